The third kappa shape index (κ3) is 5.38. The molecule has 1 heterocycles. The average molecular weight is 506 g/mol. The Bertz CT molecular complexity index is 1420. The van der Waals surface area contributed by atoms with Gasteiger partial charge in [0.25, 0.3) is 0 Å². The van der Waals surface area contributed by atoms with Gasteiger partial charge in [-0.05, 0) is 72.4 Å². The molecule has 1 aromatic heterocycles. The number of aryl methyl sites for hydroxylation is 1. The second kappa shape index (κ2) is 10.1. The zero-order valence-corrected chi connectivity index (χ0v) is 20.2. The molecule has 190 valence electrons. The summed E-state index contributed by atoms with van der Waals surface area (Å²) in [6.07, 6.45) is 0.985. The molecule has 5 nitrogen and oxygen atoms in total. The number of hydrogen-bond acceptors (Lipinski definition) is 3. The number of nitrogens with one attached hydrogen (secondary N) is 2. The summed E-state index contributed by atoms with van der Waals surface area (Å²) in [6.45, 7) is 0. The number of fused-ring (bicyclic) bond motifs is 2. The van der Waals surface area contributed by atoms with E-state index in [0.717, 1.165) is 46.0 Å². The van der Waals surface area contributed by atoms with Gasteiger partial charge in [0.2, 0.25) is 0 Å². The number of halogens is 3. The lowest BCUT2D eigenvalue weighted by Gasteiger charge is -2.35. The molecule has 0 aliphatic heterocycles. The summed E-state index contributed by atoms with van der Waals surface area (Å²) >= 11 is 0. The zero-order chi connectivity index (χ0) is 26.0. The van der Waals surface area contributed by atoms with Gasteiger partial charge in [-0.3, -0.25) is 4.98 Å². The van der Waals surface area contributed by atoms with Crippen LogP contribution in [0.3, 0.4) is 0 Å². The van der Waals surface area contributed by atoms with E-state index in [2.05, 4.69) is 15.6 Å². The number of anilines is 1. The molecule has 1 aliphatic carbocycles. The molecule has 0 saturated carbocycles. The number of urea groups is 1. The van der Waals surface area contributed by atoms with E-state index in [0.29, 0.717) is 24.3 Å². The number of nitrogens with zero attached hydrogens (tertiary/aromatic N) is 1. The molecule has 5 rings (SSSR count). The van der Waals surface area contributed by atoms with E-state index in [1.54, 1.807) is 19.5 Å². The van der Waals surface area contributed by atoms with E-state index in [-0.39, 0.29) is 18.0 Å². The number of amides is 2. The van der Waals surface area contributed by atoms with Crippen LogP contribution in [0.2, 0.25) is 0 Å². The highest BCUT2D eigenvalue weighted by Gasteiger charge is 2.33. The van der Waals surface area contributed by atoms with E-state index in [9.17, 15) is 18.0 Å². The third-order valence-corrected chi connectivity index (χ3v) is 6.95. The van der Waals surface area contributed by atoms with Gasteiger partial charge >= 0.3 is 12.2 Å². The van der Waals surface area contributed by atoms with Crippen LogP contribution < -0.4 is 15.4 Å². The molecule has 2 N–H and O–H groups in total. The molecule has 1 aliphatic rings. The Morgan fingerprint density at radius 1 is 1.08 bits per heavy atom. The van der Waals surface area contributed by atoms with Crippen molar-refractivity contribution in [2.45, 2.75) is 37.4 Å². The van der Waals surface area contributed by atoms with E-state index in [1.807, 2.05) is 42.5 Å². The summed E-state index contributed by atoms with van der Waals surface area (Å²) in [5.74, 6) is 0.559. The molecule has 0 bridgehead atoms. The molecule has 0 saturated heterocycles. The summed E-state index contributed by atoms with van der Waals surface area (Å²) in [5.41, 5.74) is 2.95. The van der Waals surface area contributed by atoms with Gasteiger partial charge in [-0.25, -0.2) is 4.79 Å². The topological polar surface area (TPSA) is 63.2 Å². The number of benzene rings is 3. The van der Waals surface area contributed by atoms with E-state index < -0.39 is 11.7 Å². The molecular formula is C29H26F3N3O2. The van der Waals surface area contributed by atoms with Gasteiger partial charge in [0.1, 0.15) is 5.75 Å². The fraction of sp³-hybridized carbons (Fsp3) is 0.241. The molecule has 2 amide bonds. The SMILES string of the molecule is COc1ccc2c(c1)C(Cc1ccc(C(F)(F)F)cc1)C(NC(=O)Nc1cccc3cnccc13)CC2. The monoisotopic (exact) mass is 505 g/mol. The Hall–Kier alpha value is -4.07. The van der Waals surface area contributed by atoms with Gasteiger partial charge in [0.05, 0.1) is 18.4 Å². The Morgan fingerprint density at radius 2 is 1.89 bits per heavy atom. The van der Waals surface area contributed by atoms with Crippen LogP contribution in [0.15, 0.2) is 79.1 Å². The minimum Gasteiger partial charge on any atom is -0.497 e. The summed E-state index contributed by atoms with van der Waals surface area (Å²) in [5, 5.41) is 7.89. The van der Waals surface area contributed by atoms with Gasteiger partial charge in [-0.15, -0.1) is 0 Å². The number of carbonyl (C=O) groups is 1. The summed E-state index contributed by atoms with van der Waals surface area (Å²) in [7, 11) is 1.60. The number of carbonyl (C=O) groups excluding carboxylic acids is 1. The quantitative estimate of drug-likeness (QED) is 0.316. The van der Waals surface area contributed by atoms with Crippen molar-refractivity contribution >= 4 is 22.5 Å². The second-order valence-corrected chi connectivity index (χ2v) is 9.22. The Morgan fingerprint density at radius 3 is 2.65 bits per heavy atom. The van der Waals surface area contributed by atoms with Crippen LogP contribution in [0.5, 0.6) is 5.75 Å². The van der Waals surface area contributed by atoms with Crippen molar-refractivity contribution in [2.24, 2.45) is 0 Å². The lowest BCUT2D eigenvalue weighted by molar-refractivity contribution is -0.137. The smallest absolute Gasteiger partial charge is 0.416 e. The van der Waals surface area contributed by atoms with Crippen LogP contribution in [0.1, 0.15) is 34.6 Å². The van der Waals surface area contributed by atoms with Gasteiger partial charge in [-0.2, -0.15) is 13.2 Å². The van der Waals surface area contributed by atoms with Crippen LogP contribution >= 0.6 is 0 Å². The molecule has 2 atom stereocenters. The minimum atomic E-state index is -4.39. The van der Waals surface area contributed by atoms with Crippen molar-refractivity contribution in [1.82, 2.24) is 10.3 Å². The standard InChI is InChI=1S/C29H26F3N3O2/c1-37-22-11-7-19-8-12-27(35-28(36)34-26-4-2-3-20-17-33-14-13-23(20)26)25(24(19)16-22)15-18-5-9-21(10-6-18)29(30,31)32/h2-7,9-11,13-14,16-17,25,27H,8,12,15H2,1H3,(H2,34,35,36). The van der Waals surface area contributed by atoms with Crippen molar-refractivity contribution < 1.29 is 22.7 Å². The number of ether oxygens (including phenoxy) is 1. The fourth-order valence-corrected chi connectivity index (χ4v) is 5.07. The normalized spacial score (nSPS) is 17.2. The number of rotatable bonds is 5. The first kappa shape index (κ1) is 24.6. The molecular weight excluding hydrogens is 479 g/mol. The molecule has 37 heavy (non-hydrogen) atoms. The van der Waals surface area contributed by atoms with E-state index in [1.165, 1.54) is 12.1 Å². The molecule has 0 radical (unpaired) electrons. The molecule has 4 aromatic rings. The van der Waals surface area contributed by atoms with Gasteiger partial charge in [0, 0.05) is 35.1 Å². The van der Waals surface area contributed by atoms with Crippen LogP contribution in [0.4, 0.5) is 23.7 Å². The van der Waals surface area contributed by atoms with Crippen molar-refractivity contribution in [3.63, 3.8) is 0 Å². The molecule has 0 spiro atoms. The largest absolute Gasteiger partial charge is 0.497 e. The Balaban J connectivity index is 1.41. The lowest BCUT2D eigenvalue weighted by Crippen LogP contribution is -2.44. The Labute approximate surface area is 212 Å². The molecule has 3 aromatic carbocycles. The molecule has 0 fully saturated rings. The van der Waals surface area contributed by atoms with Crippen LogP contribution in [0.25, 0.3) is 10.8 Å². The van der Waals surface area contributed by atoms with Gasteiger partial charge < -0.3 is 15.4 Å². The number of hydrogen-bond donors (Lipinski definition) is 2. The average Bonchev–Trinajstić information content (AvgIpc) is 2.89. The minimum absolute atomic E-state index is 0.141. The van der Waals surface area contributed by atoms with Crippen molar-refractivity contribution in [3.8, 4) is 5.75 Å². The second-order valence-electron chi connectivity index (χ2n) is 9.22. The predicted octanol–water partition coefficient (Wildman–Crippen LogP) is 6.73. The van der Waals surface area contributed by atoms with E-state index >= 15 is 0 Å². The van der Waals surface area contributed by atoms with Gasteiger partial charge in [0.15, 0.2) is 0 Å². The fourth-order valence-electron chi connectivity index (χ4n) is 5.07. The number of alkyl halides is 3. The molecule has 8 heteroatoms. The first-order valence-electron chi connectivity index (χ1n) is 12.0. The first-order valence-corrected chi connectivity index (χ1v) is 12.0. The van der Waals surface area contributed by atoms with Crippen LogP contribution in [-0.4, -0.2) is 24.2 Å². The van der Waals surface area contributed by atoms with E-state index in [4.69, 9.17) is 4.74 Å². The first-order chi connectivity index (χ1) is 17.8. The maximum atomic E-state index is 13.1. The number of methoxy groups -OCH3 is 1. The van der Waals surface area contributed by atoms with Crippen molar-refractivity contribution in [2.75, 3.05) is 12.4 Å². The number of aromatic nitrogens is 1. The highest BCUT2D eigenvalue weighted by molar-refractivity contribution is 6.01. The highest BCUT2D eigenvalue weighted by Crippen LogP contribution is 2.37. The summed E-state index contributed by atoms with van der Waals surface area (Å²) in [4.78, 5) is 17.3. The number of pyridine rings is 1. The van der Waals surface area contributed by atoms with Crippen molar-refractivity contribution in [3.05, 3.63) is 101 Å². The maximum Gasteiger partial charge on any atom is 0.416 e. The van der Waals surface area contributed by atoms with Crippen LogP contribution in [0, 0.1) is 0 Å². The summed E-state index contributed by atoms with van der Waals surface area (Å²) in [6, 6.07) is 18.0. The maximum absolute atomic E-state index is 13.1. The predicted molar refractivity (Wildman–Crippen MR) is 137 cm³/mol. The third-order valence-electron chi connectivity index (χ3n) is 6.95. The molecule has 2 unspecified atom stereocenters. The van der Waals surface area contributed by atoms with Crippen LogP contribution in [-0.2, 0) is 19.0 Å². The Kier molecular flexibility index (Phi) is 6.74. The highest BCUT2D eigenvalue weighted by atomic mass is 19.4. The lowest BCUT2D eigenvalue weighted by atomic mass is 9.76. The van der Waals surface area contributed by atoms with Crippen molar-refractivity contribution in [1.29, 1.82) is 0 Å². The zero-order valence-electron chi connectivity index (χ0n) is 20.2. The summed E-state index contributed by atoms with van der Waals surface area (Å²) < 4.78 is 44.6. The van der Waals surface area contributed by atoms with Gasteiger partial charge in [-0.1, -0.05) is 30.3 Å².